The van der Waals surface area contributed by atoms with Crippen molar-refractivity contribution in [3.8, 4) is 5.75 Å². The lowest BCUT2D eigenvalue weighted by Crippen LogP contribution is -2.31. The van der Waals surface area contributed by atoms with Crippen LogP contribution in [0.1, 0.15) is 36.0 Å². The lowest BCUT2D eigenvalue weighted by molar-refractivity contribution is -0.117. The Morgan fingerprint density at radius 3 is 2.43 bits per heavy atom. The van der Waals surface area contributed by atoms with Gasteiger partial charge in [0.15, 0.2) is 11.5 Å². The van der Waals surface area contributed by atoms with Crippen LogP contribution < -0.4 is 9.64 Å². The van der Waals surface area contributed by atoms with Gasteiger partial charge in [-0.25, -0.2) is 0 Å². The van der Waals surface area contributed by atoms with E-state index in [2.05, 4.69) is 15.9 Å². The van der Waals surface area contributed by atoms with Crippen LogP contribution in [0.5, 0.6) is 5.75 Å². The highest BCUT2D eigenvalue weighted by Crippen LogP contribution is 2.42. The van der Waals surface area contributed by atoms with E-state index < -0.39 is 23.5 Å². The van der Waals surface area contributed by atoms with Gasteiger partial charge in [0.2, 0.25) is 5.78 Å². The van der Waals surface area contributed by atoms with E-state index in [1.165, 1.54) is 4.90 Å². The van der Waals surface area contributed by atoms with Gasteiger partial charge in [0.1, 0.15) is 11.3 Å². The standard InChI is InChI=1S/C28H22BrNO5/c1-16(2)34-21-11-9-20(10-12-21)30-25(17-6-4-3-5-7-17)24(27(32)28(30)33)26(31)23-15-18-14-19(29)8-13-22(18)35-23/h3-16,25,32H,1-2H3. The van der Waals surface area contributed by atoms with Crippen LogP contribution in [0.3, 0.4) is 0 Å². The van der Waals surface area contributed by atoms with Gasteiger partial charge in [0.05, 0.1) is 17.7 Å². The predicted octanol–water partition coefficient (Wildman–Crippen LogP) is 6.77. The van der Waals surface area contributed by atoms with Crippen molar-refractivity contribution in [2.24, 2.45) is 0 Å². The van der Waals surface area contributed by atoms with E-state index in [9.17, 15) is 14.7 Å². The Bertz CT molecular complexity index is 1450. The maximum Gasteiger partial charge on any atom is 0.294 e. The molecule has 4 aromatic rings. The van der Waals surface area contributed by atoms with Gasteiger partial charge in [-0.1, -0.05) is 46.3 Å². The molecule has 1 aliphatic rings. The maximum atomic E-state index is 13.7. The minimum Gasteiger partial charge on any atom is -0.503 e. The lowest BCUT2D eigenvalue weighted by Gasteiger charge is -2.27. The molecule has 0 saturated heterocycles. The summed E-state index contributed by atoms with van der Waals surface area (Å²) in [6.07, 6.45) is 0.00528. The average Bonchev–Trinajstić information content (AvgIpc) is 3.38. The quantitative estimate of drug-likeness (QED) is 0.278. The molecule has 2 heterocycles. The molecule has 5 rings (SSSR count). The summed E-state index contributed by atoms with van der Waals surface area (Å²) in [4.78, 5) is 28.4. The first kappa shape index (κ1) is 22.9. The second kappa shape index (κ2) is 9.07. The van der Waals surface area contributed by atoms with E-state index >= 15 is 0 Å². The number of amides is 1. The Morgan fingerprint density at radius 2 is 1.74 bits per heavy atom. The summed E-state index contributed by atoms with van der Waals surface area (Å²) in [5, 5.41) is 11.7. The fraction of sp³-hybridized carbons (Fsp3) is 0.143. The van der Waals surface area contributed by atoms with Gasteiger partial charge >= 0.3 is 0 Å². The molecule has 1 unspecified atom stereocenters. The molecular formula is C28H22BrNO5. The van der Waals surface area contributed by atoms with E-state index in [1.807, 2.05) is 56.3 Å². The zero-order chi connectivity index (χ0) is 24.7. The number of benzene rings is 3. The van der Waals surface area contributed by atoms with Crippen LogP contribution in [0.4, 0.5) is 5.69 Å². The molecule has 0 fully saturated rings. The number of aliphatic hydroxyl groups excluding tert-OH is 1. The minimum atomic E-state index is -0.826. The van der Waals surface area contributed by atoms with Crippen molar-refractivity contribution in [1.82, 2.24) is 0 Å². The van der Waals surface area contributed by atoms with Crippen molar-refractivity contribution in [1.29, 1.82) is 0 Å². The summed E-state index contributed by atoms with van der Waals surface area (Å²) in [5.74, 6) is -1.07. The number of halogens is 1. The topological polar surface area (TPSA) is 80.0 Å². The number of nitrogens with zero attached hydrogens (tertiary/aromatic N) is 1. The second-order valence-corrected chi connectivity index (χ2v) is 9.45. The summed E-state index contributed by atoms with van der Waals surface area (Å²) >= 11 is 3.42. The number of furan rings is 1. The number of hydrogen-bond donors (Lipinski definition) is 1. The van der Waals surface area contributed by atoms with Gasteiger partial charge < -0.3 is 14.3 Å². The number of ether oxygens (including phenoxy) is 1. The normalized spacial score (nSPS) is 15.9. The Hall–Kier alpha value is -3.84. The first-order valence-corrected chi connectivity index (χ1v) is 11.9. The summed E-state index contributed by atoms with van der Waals surface area (Å²) in [6, 6.07) is 22.4. The summed E-state index contributed by atoms with van der Waals surface area (Å²) in [5.41, 5.74) is 1.73. The van der Waals surface area contributed by atoms with Crippen LogP contribution in [-0.2, 0) is 4.79 Å². The SMILES string of the molecule is CC(C)Oc1ccc(N2C(=O)C(O)=C(C(=O)c3cc4cc(Br)ccc4o3)C2c2ccccc2)cc1. The zero-order valence-corrected chi connectivity index (χ0v) is 20.7. The van der Waals surface area contributed by atoms with Crippen molar-refractivity contribution >= 4 is 44.3 Å². The smallest absolute Gasteiger partial charge is 0.294 e. The molecule has 1 aromatic heterocycles. The Kier molecular flexibility index (Phi) is 5.94. The van der Waals surface area contributed by atoms with Crippen LogP contribution in [0.25, 0.3) is 11.0 Å². The van der Waals surface area contributed by atoms with Gasteiger partial charge in [-0.05, 0) is 67.9 Å². The third-order valence-corrected chi connectivity index (χ3v) is 6.25. The molecule has 0 spiro atoms. The van der Waals surface area contributed by atoms with Gasteiger partial charge in [-0.2, -0.15) is 0 Å². The molecule has 1 aliphatic heterocycles. The van der Waals surface area contributed by atoms with Gasteiger partial charge in [-0.3, -0.25) is 14.5 Å². The first-order valence-electron chi connectivity index (χ1n) is 11.2. The van der Waals surface area contributed by atoms with E-state index in [4.69, 9.17) is 9.15 Å². The van der Waals surface area contributed by atoms with E-state index in [-0.39, 0.29) is 17.4 Å². The summed E-state index contributed by atoms with van der Waals surface area (Å²) in [7, 11) is 0. The van der Waals surface area contributed by atoms with Crippen molar-refractivity contribution in [2.75, 3.05) is 4.90 Å². The fourth-order valence-electron chi connectivity index (χ4n) is 4.27. The molecule has 6 nitrogen and oxygen atoms in total. The maximum absolute atomic E-state index is 13.7. The molecule has 1 atom stereocenters. The number of fused-ring (bicyclic) bond motifs is 1. The monoisotopic (exact) mass is 531 g/mol. The van der Waals surface area contributed by atoms with Gasteiger partial charge in [-0.15, -0.1) is 0 Å². The van der Waals surface area contributed by atoms with Crippen molar-refractivity contribution in [2.45, 2.75) is 26.0 Å². The fourth-order valence-corrected chi connectivity index (χ4v) is 4.65. The highest BCUT2D eigenvalue weighted by molar-refractivity contribution is 9.10. The number of hydrogen-bond acceptors (Lipinski definition) is 5. The van der Waals surface area contributed by atoms with Crippen LogP contribution in [-0.4, -0.2) is 22.9 Å². The Labute approximate surface area is 210 Å². The van der Waals surface area contributed by atoms with E-state index in [1.54, 1.807) is 36.4 Å². The van der Waals surface area contributed by atoms with E-state index in [0.717, 1.165) is 9.86 Å². The highest BCUT2D eigenvalue weighted by Gasteiger charge is 2.45. The molecule has 0 radical (unpaired) electrons. The highest BCUT2D eigenvalue weighted by atomic mass is 79.9. The van der Waals surface area contributed by atoms with Gasteiger partial charge in [0.25, 0.3) is 5.91 Å². The lowest BCUT2D eigenvalue weighted by atomic mass is 9.95. The number of ketones is 1. The van der Waals surface area contributed by atoms with Crippen LogP contribution in [0.15, 0.2) is 99.1 Å². The molecule has 176 valence electrons. The van der Waals surface area contributed by atoms with Crippen LogP contribution in [0.2, 0.25) is 0 Å². The molecule has 3 aromatic carbocycles. The minimum absolute atomic E-state index is 0.00528. The van der Waals surface area contributed by atoms with Gasteiger partial charge in [0, 0.05) is 15.5 Å². The molecule has 1 amide bonds. The summed E-state index contributed by atoms with van der Waals surface area (Å²) in [6.45, 7) is 3.86. The van der Waals surface area contributed by atoms with Crippen molar-refractivity contribution in [3.05, 3.63) is 106 Å². The second-order valence-electron chi connectivity index (χ2n) is 8.53. The van der Waals surface area contributed by atoms with Crippen molar-refractivity contribution < 1.29 is 23.8 Å². The Balaban J connectivity index is 1.59. The predicted molar refractivity (Wildman–Crippen MR) is 137 cm³/mol. The Morgan fingerprint density at radius 1 is 1.03 bits per heavy atom. The number of anilines is 1. The molecule has 1 N–H and O–H groups in total. The molecule has 0 saturated carbocycles. The first-order chi connectivity index (χ1) is 16.8. The van der Waals surface area contributed by atoms with Crippen LogP contribution in [0, 0.1) is 0 Å². The zero-order valence-electron chi connectivity index (χ0n) is 19.1. The average molecular weight is 532 g/mol. The molecular weight excluding hydrogens is 510 g/mol. The number of aliphatic hydroxyl groups is 1. The third-order valence-electron chi connectivity index (χ3n) is 5.76. The number of Topliss-reactive ketones (excluding diaryl/α,β-unsaturated/α-hetero) is 1. The van der Waals surface area contributed by atoms with E-state index in [0.29, 0.717) is 22.6 Å². The van der Waals surface area contributed by atoms with Crippen LogP contribution >= 0.6 is 15.9 Å². The molecule has 35 heavy (non-hydrogen) atoms. The number of carbonyl (C=O) groups is 2. The third kappa shape index (κ3) is 4.23. The van der Waals surface area contributed by atoms with Crippen molar-refractivity contribution in [3.63, 3.8) is 0 Å². The molecule has 0 aliphatic carbocycles. The summed E-state index contributed by atoms with van der Waals surface area (Å²) < 4.78 is 12.4. The molecule has 0 bridgehead atoms. The number of rotatable bonds is 6. The number of carbonyl (C=O) groups excluding carboxylic acids is 2. The molecule has 7 heteroatoms. The largest absolute Gasteiger partial charge is 0.503 e.